The molecule has 1 heterocycles. The van der Waals surface area contributed by atoms with E-state index in [0.717, 1.165) is 5.56 Å². The Kier molecular flexibility index (Phi) is 5.33. The average Bonchev–Trinajstić information content (AvgIpc) is 2.49. The van der Waals surface area contributed by atoms with Crippen molar-refractivity contribution in [2.45, 2.75) is 6.61 Å². The summed E-state index contributed by atoms with van der Waals surface area (Å²) in [5, 5.41) is 0. The Labute approximate surface area is 122 Å². The van der Waals surface area contributed by atoms with Crippen LogP contribution in [-0.2, 0) is 11.3 Å². The first-order valence-electron chi connectivity index (χ1n) is 6.27. The minimum Gasteiger partial charge on any atom is -0.407 e. The van der Waals surface area contributed by atoms with Gasteiger partial charge in [0.15, 0.2) is 5.75 Å². The zero-order chi connectivity index (χ0) is 14.9. The van der Waals surface area contributed by atoms with E-state index in [1.807, 2.05) is 30.3 Å². The number of hydrogen-bond donors (Lipinski definition) is 1. The Bertz CT molecular complexity index is 660. The molecule has 21 heavy (non-hydrogen) atoms. The fourth-order valence-corrected chi connectivity index (χ4v) is 1.60. The van der Waals surface area contributed by atoms with Crippen LogP contribution in [0.4, 0.5) is 4.79 Å². The predicted octanol–water partition coefficient (Wildman–Crippen LogP) is 2.11. The van der Waals surface area contributed by atoms with Gasteiger partial charge >= 0.3 is 6.09 Å². The average molecular weight is 282 g/mol. The van der Waals surface area contributed by atoms with Crippen molar-refractivity contribution in [1.29, 1.82) is 0 Å². The van der Waals surface area contributed by atoms with Crippen LogP contribution < -0.4 is 10.5 Å². The van der Waals surface area contributed by atoms with Crippen molar-refractivity contribution >= 4 is 6.09 Å². The number of primary amides is 1. The van der Waals surface area contributed by atoms with E-state index in [2.05, 4.69) is 16.8 Å². The first-order chi connectivity index (χ1) is 10.3. The summed E-state index contributed by atoms with van der Waals surface area (Å²) in [6.45, 7) is 0.768. The van der Waals surface area contributed by atoms with Crippen LogP contribution in [0.25, 0.3) is 0 Å². The Balaban J connectivity index is 1.89. The van der Waals surface area contributed by atoms with Gasteiger partial charge in [0.1, 0.15) is 6.61 Å². The molecular weight excluding hydrogens is 268 g/mol. The summed E-state index contributed by atoms with van der Waals surface area (Å²) in [6, 6.07) is 11.5. The monoisotopic (exact) mass is 282 g/mol. The van der Waals surface area contributed by atoms with Crippen molar-refractivity contribution in [3.05, 3.63) is 59.9 Å². The minimum absolute atomic E-state index is 0.237. The highest BCUT2D eigenvalue weighted by atomic mass is 16.5. The Hall–Kier alpha value is -2.84. The predicted molar refractivity (Wildman–Crippen MR) is 77.4 cm³/mol. The van der Waals surface area contributed by atoms with E-state index in [4.69, 9.17) is 15.2 Å². The molecule has 1 aromatic heterocycles. The maximum absolute atomic E-state index is 10.8. The van der Waals surface area contributed by atoms with E-state index in [0.29, 0.717) is 12.2 Å². The molecule has 5 heteroatoms. The molecule has 0 radical (unpaired) electrons. The number of amides is 1. The molecule has 0 fully saturated rings. The Morgan fingerprint density at radius 2 is 2.05 bits per heavy atom. The molecule has 0 saturated heterocycles. The SMILES string of the molecule is NC(=O)Oc1cnccc1C#CCOCc1ccccc1. The first-order valence-corrected chi connectivity index (χ1v) is 6.27. The fraction of sp³-hybridized carbons (Fsp3) is 0.125. The van der Waals surface area contributed by atoms with E-state index in [9.17, 15) is 4.79 Å². The number of rotatable bonds is 4. The molecule has 0 aliphatic carbocycles. The van der Waals surface area contributed by atoms with E-state index in [-0.39, 0.29) is 12.4 Å². The van der Waals surface area contributed by atoms with E-state index < -0.39 is 6.09 Å². The van der Waals surface area contributed by atoms with Gasteiger partial charge in [0.2, 0.25) is 0 Å². The van der Waals surface area contributed by atoms with E-state index in [1.54, 1.807) is 12.3 Å². The summed E-state index contributed by atoms with van der Waals surface area (Å²) in [5.74, 6) is 5.95. The second-order valence-corrected chi connectivity index (χ2v) is 4.07. The number of pyridine rings is 1. The minimum atomic E-state index is -0.897. The lowest BCUT2D eigenvalue weighted by Gasteiger charge is -2.02. The molecule has 1 aromatic carbocycles. The van der Waals surface area contributed by atoms with Crippen molar-refractivity contribution < 1.29 is 14.3 Å². The van der Waals surface area contributed by atoms with Gasteiger partial charge in [-0.25, -0.2) is 4.79 Å². The number of carbonyl (C=O) groups is 1. The lowest BCUT2D eigenvalue weighted by atomic mass is 10.2. The van der Waals surface area contributed by atoms with E-state index >= 15 is 0 Å². The molecule has 0 aliphatic heterocycles. The number of carbonyl (C=O) groups excluding carboxylic acids is 1. The Morgan fingerprint density at radius 1 is 1.24 bits per heavy atom. The largest absolute Gasteiger partial charge is 0.410 e. The zero-order valence-corrected chi connectivity index (χ0v) is 11.3. The van der Waals surface area contributed by atoms with Crippen molar-refractivity contribution in [3.8, 4) is 17.6 Å². The first kappa shape index (κ1) is 14.6. The molecule has 0 aliphatic rings. The van der Waals surface area contributed by atoms with Gasteiger partial charge in [0.25, 0.3) is 0 Å². The summed E-state index contributed by atoms with van der Waals surface area (Å²) in [4.78, 5) is 14.6. The summed E-state index contributed by atoms with van der Waals surface area (Å²) in [5.41, 5.74) is 6.59. The number of benzene rings is 1. The van der Waals surface area contributed by atoms with Gasteiger partial charge in [-0.05, 0) is 11.6 Å². The number of nitrogens with two attached hydrogens (primary N) is 1. The molecule has 0 spiro atoms. The highest BCUT2D eigenvalue weighted by Crippen LogP contribution is 2.14. The van der Waals surface area contributed by atoms with Gasteiger partial charge in [-0.15, -0.1) is 0 Å². The van der Waals surface area contributed by atoms with Crippen LogP contribution in [0.1, 0.15) is 11.1 Å². The molecule has 2 N–H and O–H groups in total. The lowest BCUT2D eigenvalue weighted by Crippen LogP contribution is -2.16. The van der Waals surface area contributed by atoms with Gasteiger partial charge in [-0.3, -0.25) is 4.98 Å². The topological polar surface area (TPSA) is 74.4 Å². The van der Waals surface area contributed by atoms with Gasteiger partial charge in [-0.1, -0.05) is 42.2 Å². The third-order valence-corrected chi connectivity index (χ3v) is 2.50. The number of ether oxygens (including phenoxy) is 2. The third-order valence-electron chi connectivity index (χ3n) is 2.50. The fourth-order valence-electron chi connectivity index (χ4n) is 1.60. The second-order valence-electron chi connectivity index (χ2n) is 4.07. The van der Waals surface area contributed by atoms with Crippen LogP contribution in [0.5, 0.6) is 5.75 Å². The van der Waals surface area contributed by atoms with Crippen molar-refractivity contribution in [2.24, 2.45) is 5.73 Å². The van der Waals surface area contributed by atoms with Crippen molar-refractivity contribution in [2.75, 3.05) is 6.61 Å². The lowest BCUT2D eigenvalue weighted by molar-refractivity contribution is 0.153. The van der Waals surface area contributed by atoms with Crippen LogP contribution in [-0.4, -0.2) is 17.7 Å². The number of nitrogens with zero attached hydrogens (tertiary/aromatic N) is 1. The van der Waals surface area contributed by atoms with Crippen LogP contribution in [0.15, 0.2) is 48.8 Å². The quantitative estimate of drug-likeness (QED) is 0.688. The molecule has 2 aromatic rings. The molecule has 106 valence electrons. The maximum atomic E-state index is 10.8. The molecule has 0 unspecified atom stereocenters. The van der Waals surface area contributed by atoms with Crippen molar-refractivity contribution in [1.82, 2.24) is 4.98 Å². The summed E-state index contributed by atoms with van der Waals surface area (Å²) < 4.78 is 10.2. The highest BCUT2D eigenvalue weighted by Gasteiger charge is 2.03. The van der Waals surface area contributed by atoms with Crippen LogP contribution in [0, 0.1) is 11.8 Å². The number of aromatic nitrogens is 1. The normalized spacial score (nSPS) is 9.52. The third kappa shape index (κ3) is 4.97. The summed E-state index contributed by atoms with van der Waals surface area (Å²) >= 11 is 0. The maximum Gasteiger partial charge on any atom is 0.410 e. The zero-order valence-electron chi connectivity index (χ0n) is 11.3. The molecular formula is C16H14N2O3. The van der Waals surface area contributed by atoms with Crippen LogP contribution in [0.2, 0.25) is 0 Å². The molecule has 0 bridgehead atoms. The van der Waals surface area contributed by atoms with Crippen LogP contribution in [0.3, 0.4) is 0 Å². The molecule has 1 amide bonds. The van der Waals surface area contributed by atoms with Gasteiger partial charge in [0.05, 0.1) is 18.4 Å². The highest BCUT2D eigenvalue weighted by molar-refractivity contribution is 5.69. The number of hydrogen-bond acceptors (Lipinski definition) is 4. The molecule has 2 rings (SSSR count). The molecule has 0 atom stereocenters. The van der Waals surface area contributed by atoms with Gasteiger partial charge in [-0.2, -0.15) is 0 Å². The van der Waals surface area contributed by atoms with E-state index in [1.165, 1.54) is 6.20 Å². The molecule has 5 nitrogen and oxygen atoms in total. The standard InChI is InChI=1S/C16H14N2O3/c17-16(19)21-15-11-18-9-8-14(15)7-4-10-20-12-13-5-2-1-3-6-13/h1-3,5-6,8-9,11H,10,12H2,(H2,17,19). The summed E-state index contributed by atoms with van der Waals surface area (Å²) in [6.07, 6.45) is 2.05. The van der Waals surface area contributed by atoms with Crippen molar-refractivity contribution in [3.63, 3.8) is 0 Å². The molecule has 0 saturated carbocycles. The second kappa shape index (κ2) is 7.68. The van der Waals surface area contributed by atoms with Crippen LogP contribution >= 0.6 is 0 Å². The summed E-state index contributed by atoms with van der Waals surface area (Å²) in [7, 11) is 0. The smallest absolute Gasteiger partial charge is 0.407 e. The Morgan fingerprint density at radius 3 is 2.81 bits per heavy atom. The van der Waals surface area contributed by atoms with Gasteiger partial charge in [0, 0.05) is 6.20 Å². The van der Waals surface area contributed by atoms with Gasteiger partial charge < -0.3 is 15.2 Å².